The van der Waals surface area contributed by atoms with Crippen molar-refractivity contribution >= 4 is 40.9 Å². The number of hydrogen-bond acceptors (Lipinski definition) is 9. The highest BCUT2D eigenvalue weighted by atomic mass is 35.5. The maximum absolute atomic E-state index is 13.8. The van der Waals surface area contributed by atoms with Crippen LogP contribution in [0, 0.1) is 5.92 Å². The summed E-state index contributed by atoms with van der Waals surface area (Å²) in [4.78, 5) is 48.3. The Balaban J connectivity index is 1.43. The van der Waals surface area contributed by atoms with E-state index in [4.69, 9.17) is 27.9 Å². The van der Waals surface area contributed by atoms with Gasteiger partial charge in [-0.2, -0.15) is 5.10 Å². The summed E-state index contributed by atoms with van der Waals surface area (Å²) in [5.74, 6) is -0.819. The lowest BCUT2D eigenvalue weighted by atomic mass is 9.99. The van der Waals surface area contributed by atoms with Gasteiger partial charge < -0.3 is 10.1 Å². The fraction of sp³-hybridized carbons (Fsp3) is 0.267. The van der Waals surface area contributed by atoms with Crippen LogP contribution in [0.15, 0.2) is 66.0 Å². The van der Waals surface area contributed by atoms with Crippen LogP contribution in [0.5, 0.6) is 0 Å². The Morgan fingerprint density at radius 3 is 2.62 bits per heavy atom. The minimum atomic E-state index is -0.641. The Morgan fingerprint density at radius 1 is 1.04 bits per heavy atom. The molecule has 1 aliphatic rings. The molecule has 5 heterocycles. The average Bonchev–Trinajstić information content (AvgIpc) is 3.66. The predicted molar refractivity (Wildman–Crippen MR) is 166 cm³/mol. The van der Waals surface area contributed by atoms with E-state index >= 15 is 0 Å². The number of nitrogens with zero attached hydrogens (tertiary/aromatic N) is 8. The van der Waals surface area contributed by atoms with Crippen molar-refractivity contribution in [3.63, 3.8) is 0 Å². The number of carbonyl (C=O) groups excluding carboxylic acids is 2. The van der Waals surface area contributed by atoms with Crippen molar-refractivity contribution in [2.24, 2.45) is 5.92 Å². The minimum absolute atomic E-state index is 0.0343. The van der Waals surface area contributed by atoms with Crippen LogP contribution in [0.25, 0.3) is 22.6 Å². The second kappa shape index (κ2) is 12.6. The molecule has 0 aliphatic carbocycles. The molecule has 1 amide bonds. The number of anilines is 1. The van der Waals surface area contributed by atoms with Crippen molar-refractivity contribution in [3.8, 4) is 22.6 Å². The van der Waals surface area contributed by atoms with Gasteiger partial charge in [0, 0.05) is 34.8 Å². The fourth-order valence-electron chi connectivity index (χ4n) is 5.29. The molecule has 2 bridgehead atoms. The molecule has 2 atom stereocenters. The second-order valence-corrected chi connectivity index (χ2v) is 11.4. The SMILES string of the molecule is COC(=O)c1cc2n(n1)-c1ccnc(c1)C(n1cnc(-c3cc(Cl)ccc3-n3cc(Cl)nn3)cc1=O)CCCCC(C)C(=O)N2. The highest BCUT2D eigenvalue weighted by Crippen LogP contribution is 2.30. The third-order valence-corrected chi connectivity index (χ3v) is 8.04. The van der Waals surface area contributed by atoms with E-state index in [1.54, 1.807) is 47.3 Å². The third kappa shape index (κ3) is 6.22. The molecule has 0 fully saturated rings. The summed E-state index contributed by atoms with van der Waals surface area (Å²) < 4.78 is 9.34. The maximum atomic E-state index is 13.8. The van der Waals surface area contributed by atoms with Crippen molar-refractivity contribution in [3.05, 3.63) is 93.1 Å². The van der Waals surface area contributed by atoms with Gasteiger partial charge in [-0.05, 0) is 43.2 Å². The van der Waals surface area contributed by atoms with E-state index in [0.717, 1.165) is 12.8 Å². The zero-order chi connectivity index (χ0) is 31.7. The van der Waals surface area contributed by atoms with Gasteiger partial charge in [-0.25, -0.2) is 19.1 Å². The van der Waals surface area contributed by atoms with Crippen LogP contribution in [0.1, 0.15) is 54.8 Å². The van der Waals surface area contributed by atoms with Gasteiger partial charge in [0.2, 0.25) is 5.91 Å². The lowest BCUT2D eigenvalue weighted by Crippen LogP contribution is -2.26. The summed E-state index contributed by atoms with van der Waals surface area (Å²) in [7, 11) is 1.26. The summed E-state index contributed by atoms with van der Waals surface area (Å²) in [6.45, 7) is 1.85. The van der Waals surface area contributed by atoms with Gasteiger partial charge in [0.25, 0.3) is 5.56 Å². The molecule has 0 radical (unpaired) electrons. The van der Waals surface area contributed by atoms with Crippen LogP contribution in [-0.2, 0) is 9.53 Å². The van der Waals surface area contributed by atoms with E-state index in [0.29, 0.717) is 52.0 Å². The molecule has 2 unspecified atom stereocenters. The fourth-order valence-corrected chi connectivity index (χ4v) is 5.58. The van der Waals surface area contributed by atoms with Gasteiger partial charge in [0.05, 0.1) is 48.4 Å². The number of ether oxygens (including phenoxy) is 1. The predicted octanol–water partition coefficient (Wildman–Crippen LogP) is 4.90. The monoisotopic (exact) mass is 647 g/mol. The molecular weight excluding hydrogens is 621 g/mol. The van der Waals surface area contributed by atoms with Crippen LogP contribution < -0.4 is 10.9 Å². The van der Waals surface area contributed by atoms with E-state index in [1.807, 2.05) is 6.92 Å². The maximum Gasteiger partial charge on any atom is 0.358 e. The molecule has 6 rings (SSSR count). The number of carbonyl (C=O) groups is 2. The van der Waals surface area contributed by atoms with Gasteiger partial charge in [-0.15, -0.1) is 5.10 Å². The first-order chi connectivity index (χ1) is 21.7. The molecule has 230 valence electrons. The summed E-state index contributed by atoms with van der Waals surface area (Å²) in [6, 6.07) is 11.1. The first-order valence-corrected chi connectivity index (χ1v) is 14.9. The molecule has 4 aromatic heterocycles. The topological polar surface area (TPSA) is 152 Å². The van der Waals surface area contributed by atoms with Crippen LogP contribution in [0.4, 0.5) is 5.82 Å². The molecule has 1 aliphatic heterocycles. The van der Waals surface area contributed by atoms with Gasteiger partial charge in [0.1, 0.15) is 5.82 Å². The van der Waals surface area contributed by atoms with Gasteiger partial charge in [0.15, 0.2) is 10.8 Å². The number of fused-ring (bicyclic) bond motifs is 4. The number of amides is 1. The van der Waals surface area contributed by atoms with E-state index in [9.17, 15) is 14.4 Å². The molecular formula is C30H27Cl2N9O4. The Morgan fingerprint density at radius 2 is 1.87 bits per heavy atom. The Kier molecular flexibility index (Phi) is 8.46. The number of methoxy groups -OCH3 is 1. The molecule has 45 heavy (non-hydrogen) atoms. The van der Waals surface area contributed by atoms with Crippen molar-refractivity contribution in [1.29, 1.82) is 0 Å². The quantitative estimate of drug-likeness (QED) is 0.268. The number of aromatic nitrogens is 8. The lowest BCUT2D eigenvalue weighted by molar-refractivity contribution is -0.119. The van der Waals surface area contributed by atoms with E-state index in [1.165, 1.54) is 34.9 Å². The first kappa shape index (κ1) is 30.2. The molecule has 1 N–H and O–H groups in total. The third-order valence-electron chi connectivity index (χ3n) is 7.64. The Bertz CT molecular complexity index is 1970. The molecule has 5 aromatic rings. The number of benzene rings is 1. The summed E-state index contributed by atoms with van der Waals surface area (Å²) in [5.41, 5.74) is 2.41. The van der Waals surface area contributed by atoms with Crippen LogP contribution in [0.3, 0.4) is 0 Å². The molecule has 15 heteroatoms. The van der Waals surface area contributed by atoms with Crippen LogP contribution in [0.2, 0.25) is 10.2 Å². The van der Waals surface area contributed by atoms with Gasteiger partial charge >= 0.3 is 5.97 Å². The summed E-state index contributed by atoms with van der Waals surface area (Å²) >= 11 is 12.3. The van der Waals surface area contributed by atoms with Gasteiger partial charge in [-0.1, -0.05) is 48.2 Å². The number of halogens is 2. The van der Waals surface area contributed by atoms with Crippen molar-refractivity contribution < 1.29 is 14.3 Å². The number of rotatable bonds is 4. The molecule has 0 saturated heterocycles. The van der Waals surface area contributed by atoms with Crippen LogP contribution >= 0.6 is 23.2 Å². The van der Waals surface area contributed by atoms with E-state index in [2.05, 4.69) is 30.7 Å². The zero-order valence-corrected chi connectivity index (χ0v) is 25.7. The van der Waals surface area contributed by atoms with E-state index < -0.39 is 12.0 Å². The van der Waals surface area contributed by atoms with Crippen molar-refractivity contribution in [1.82, 2.24) is 39.3 Å². The minimum Gasteiger partial charge on any atom is -0.464 e. The number of hydrogen-bond donors (Lipinski definition) is 1. The van der Waals surface area contributed by atoms with Crippen molar-refractivity contribution in [2.75, 3.05) is 12.4 Å². The van der Waals surface area contributed by atoms with Crippen molar-refractivity contribution in [2.45, 2.75) is 38.6 Å². The lowest BCUT2D eigenvalue weighted by Gasteiger charge is -2.20. The standard InChI is InChI=1S/C30H27Cl2N9O4/c1-17-5-3-4-6-25(22-12-19(9-10-33-22)41-27(35-29(17)43)13-23(37-41)30(44)45-2)39-16-34-21(14-28(39)42)20-11-18(31)7-8-24(20)40-15-26(32)36-38-40/h7-17,25H,3-6H2,1-2H3,(H,35,43). The van der Waals surface area contributed by atoms with E-state index in [-0.39, 0.29) is 28.2 Å². The molecule has 13 nitrogen and oxygen atoms in total. The van der Waals surface area contributed by atoms with Crippen LogP contribution in [-0.4, -0.2) is 58.3 Å². The Hall–Kier alpha value is -4.88. The highest BCUT2D eigenvalue weighted by molar-refractivity contribution is 6.31. The highest BCUT2D eigenvalue weighted by Gasteiger charge is 2.24. The zero-order valence-electron chi connectivity index (χ0n) is 24.2. The summed E-state index contributed by atoms with van der Waals surface area (Å²) in [6.07, 6.45) is 7.29. The number of nitrogens with one attached hydrogen (secondary N) is 1. The Labute approximate surface area is 266 Å². The summed E-state index contributed by atoms with van der Waals surface area (Å²) in [5, 5.41) is 15.8. The average molecular weight is 649 g/mol. The normalized spacial score (nSPS) is 16.9. The number of esters is 1. The number of pyridine rings is 1. The molecule has 0 spiro atoms. The molecule has 0 saturated carbocycles. The second-order valence-electron chi connectivity index (χ2n) is 10.6. The smallest absolute Gasteiger partial charge is 0.358 e. The van der Waals surface area contributed by atoms with Gasteiger partial charge in [-0.3, -0.25) is 19.1 Å². The first-order valence-electron chi connectivity index (χ1n) is 14.1. The largest absolute Gasteiger partial charge is 0.464 e. The molecule has 1 aromatic carbocycles.